The largest absolute Gasteiger partial charge is 0.399 e. The maximum absolute atomic E-state index is 12.5. The van der Waals surface area contributed by atoms with Crippen molar-refractivity contribution in [2.24, 2.45) is 0 Å². The summed E-state index contributed by atoms with van der Waals surface area (Å²) < 4.78 is 0. The highest BCUT2D eigenvalue weighted by Gasteiger charge is 2.31. The number of nitrogen functional groups attached to an aromatic ring is 1. The zero-order valence-electron chi connectivity index (χ0n) is 13.2. The first kappa shape index (κ1) is 16.8. The van der Waals surface area contributed by atoms with E-state index in [1.165, 1.54) is 24.3 Å². The summed E-state index contributed by atoms with van der Waals surface area (Å²) in [4.78, 5) is 36.4. The van der Waals surface area contributed by atoms with Gasteiger partial charge in [-0.2, -0.15) is 0 Å². The molecule has 3 rings (SSSR count). The van der Waals surface area contributed by atoms with Crippen molar-refractivity contribution in [2.75, 3.05) is 11.1 Å². The average Bonchev–Trinajstić information content (AvgIpc) is 2.88. The number of nitrogens with two attached hydrogens (primary N) is 1. The van der Waals surface area contributed by atoms with E-state index in [-0.39, 0.29) is 59.3 Å². The second-order valence-electron chi connectivity index (χ2n) is 5.77. The van der Waals surface area contributed by atoms with Crippen LogP contribution in [-0.2, 0) is 13.2 Å². The first-order chi connectivity index (χ1) is 11.9. The van der Waals surface area contributed by atoms with Crippen LogP contribution in [0.2, 0.25) is 0 Å². The van der Waals surface area contributed by atoms with E-state index >= 15 is 0 Å². The molecule has 1 amide bonds. The molecule has 0 aromatic heterocycles. The molecule has 1 aliphatic carbocycles. The molecule has 0 heterocycles. The first-order valence-corrected chi connectivity index (χ1v) is 7.59. The molecule has 2 aromatic carbocycles. The molecule has 0 fully saturated rings. The molecule has 25 heavy (non-hydrogen) atoms. The Bertz CT molecular complexity index is 905. The predicted molar refractivity (Wildman–Crippen MR) is 90.4 cm³/mol. The monoisotopic (exact) mass is 340 g/mol. The molecule has 2 aromatic rings. The smallest absolute Gasteiger partial charge is 0.255 e. The van der Waals surface area contributed by atoms with E-state index in [2.05, 4.69) is 5.32 Å². The fraction of sp³-hybridized carbons (Fsp3) is 0.167. The van der Waals surface area contributed by atoms with Gasteiger partial charge in [-0.25, -0.2) is 0 Å². The van der Waals surface area contributed by atoms with E-state index in [1.807, 2.05) is 0 Å². The Hall–Kier alpha value is -3.03. The van der Waals surface area contributed by atoms with Crippen LogP contribution in [0.15, 0.2) is 30.3 Å². The van der Waals surface area contributed by atoms with Gasteiger partial charge in [-0.05, 0) is 35.4 Å². The number of Topliss-reactive ketones (excluding diaryl/α,β-unsaturated/α-hetero) is 2. The number of carbonyl (C=O) groups is 3. The number of carbonyl (C=O) groups excluding carboxylic acids is 3. The maximum atomic E-state index is 12.5. The van der Waals surface area contributed by atoms with E-state index in [4.69, 9.17) is 5.73 Å². The summed E-state index contributed by atoms with van der Waals surface area (Å²) in [7, 11) is 0. The standard InChI is InChI=1S/C18H16N2O5/c19-12-4-13-15(23)6-16(24)17(13)14(5-12)20-18(25)9-1-2-10(7-21)11(3-9)8-22/h1-5,21-22H,6-8,19H2,(H,20,25). The Balaban J connectivity index is 1.96. The molecule has 128 valence electrons. The quantitative estimate of drug-likeness (QED) is 0.490. The normalized spacial score (nSPS) is 13.0. The van der Waals surface area contributed by atoms with Crippen LogP contribution in [0.5, 0.6) is 0 Å². The van der Waals surface area contributed by atoms with Crippen LogP contribution in [0.3, 0.4) is 0 Å². The zero-order valence-corrected chi connectivity index (χ0v) is 13.2. The van der Waals surface area contributed by atoms with Crippen LogP contribution in [0.1, 0.15) is 48.6 Å². The number of fused-ring (bicyclic) bond motifs is 1. The topological polar surface area (TPSA) is 130 Å². The molecule has 7 heteroatoms. The molecular weight excluding hydrogens is 324 g/mol. The van der Waals surface area contributed by atoms with Gasteiger partial charge in [0.15, 0.2) is 11.6 Å². The van der Waals surface area contributed by atoms with Crippen LogP contribution in [-0.4, -0.2) is 27.7 Å². The van der Waals surface area contributed by atoms with Crippen molar-refractivity contribution in [1.82, 2.24) is 0 Å². The highest BCUT2D eigenvalue weighted by Crippen LogP contribution is 2.32. The van der Waals surface area contributed by atoms with Crippen LogP contribution >= 0.6 is 0 Å². The molecule has 7 nitrogen and oxygen atoms in total. The number of ketones is 2. The van der Waals surface area contributed by atoms with Gasteiger partial charge >= 0.3 is 0 Å². The van der Waals surface area contributed by atoms with E-state index in [0.717, 1.165) is 0 Å². The van der Waals surface area contributed by atoms with Gasteiger partial charge in [0.2, 0.25) is 0 Å². The number of nitrogens with one attached hydrogen (secondary N) is 1. The van der Waals surface area contributed by atoms with Gasteiger partial charge in [0, 0.05) is 16.8 Å². The zero-order chi connectivity index (χ0) is 18.1. The number of benzene rings is 2. The third-order valence-electron chi connectivity index (χ3n) is 4.12. The number of rotatable bonds is 4. The first-order valence-electron chi connectivity index (χ1n) is 7.59. The Labute approximate surface area is 143 Å². The lowest BCUT2D eigenvalue weighted by Crippen LogP contribution is -2.15. The lowest BCUT2D eigenvalue weighted by Gasteiger charge is -2.12. The number of aliphatic hydroxyl groups excluding tert-OH is 2. The number of anilines is 2. The van der Waals surface area contributed by atoms with Crippen molar-refractivity contribution >= 4 is 28.8 Å². The predicted octanol–water partition coefficient (Wildman–Crippen LogP) is 1.27. The maximum Gasteiger partial charge on any atom is 0.255 e. The molecular formula is C18H16N2O5. The minimum absolute atomic E-state index is 0.168. The minimum Gasteiger partial charge on any atom is -0.399 e. The van der Waals surface area contributed by atoms with Crippen molar-refractivity contribution in [2.45, 2.75) is 19.6 Å². The molecule has 0 saturated carbocycles. The van der Waals surface area contributed by atoms with Crippen molar-refractivity contribution in [1.29, 1.82) is 0 Å². The number of hydrogen-bond acceptors (Lipinski definition) is 6. The summed E-state index contributed by atoms with van der Waals surface area (Å²) in [6.45, 7) is -0.575. The van der Waals surface area contributed by atoms with Crippen LogP contribution in [0.25, 0.3) is 0 Å². The van der Waals surface area contributed by atoms with Crippen molar-refractivity contribution in [3.63, 3.8) is 0 Å². The highest BCUT2D eigenvalue weighted by molar-refractivity contribution is 6.27. The Kier molecular flexibility index (Phi) is 4.35. The van der Waals surface area contributed by atoms with Gasteiger partial charge in [0.1, 0.15) is 0 Å². The van der Waals surface area contributed by atoms with E-state index in [1.54, 1.807) is 6.07 Å². The summed E-state index contributed by atoms with van der Waals surface area (Å²) in [6.07, 6.45) is -0.235. The number of amides is 1. The average molecular weight is 340 g/mol. The third kappa shape index (κ3) is 3.02. The van der Waals surface area contributed by atoms with Crippen molar-refractivity contribution < 1.29 is 24.6 Å². The fourth-order valence-electron chi connectivity index (χ4n) is 2.88. The van der Waals surface area contributed by atoms with Gasteiger partial charge in [0.25, 0.3) is 5.91 Å². The Morgan fingerprint density at radius 1 is 1.04 bits per heavy atom. The van der Waals surface area contributed by atoms with Gasteiger partial charge in [0.05, 0.1) is 30.9 Å². The highest BCUT2D eigenvalue weighted by atomic mass is 16.3. The second kappa shape index (κ2) is 6.46. The van der Waals surface area contributed by atoms with Gasteiger partial charge in [-0.15, -0.1) is 0 Å². The van der Waals surface area contributed by atoms with Gasteiger partial charge < -0.3 is 21.3 Å². The SMILES string of the molecule is Nc1cc(NC(=O)c2ccc(CO)c(CO)c2)c2c(c1)C(=O)CC2=O. The molecule has 0 aliphatic heterocycles. The molecule has 5 N–H and O–H groups in total. The van der Waals surface area contributed by atoms with Crippen LogP contribution in [0.4, 0.5) is 11.4 Å². The minimum atomic E-state index is -0.515. The van der Waals surface area contributed by atoms with Crippen molar-refractivity contribution in [3.8, 4) is 0 Å². The summed E-state index contributed by atoms with van der Waals surface area (Å²) >= 11 is 0. The number of aliphatic hydroxyl groups is 2. The molecule has 0 saturated heterocycles. The van der Waals surface area contributed by atoms with Crippen LogP contribution < -0.4 is 11.1 Å². The molecule has 0 radical (unpaired) electrons. The fourth-order valence-corrected chi connectivity index (χ4v) is 2.88. The summed E-state index contributed by atoms with van der Waals surface area (Å²) in [5.74, 6) is -1.20. The Morgan fingerprint density at radius 3 is 2.44 bits per heavy atom. The summed E-state index contributed by atoms with van der Waals surface area (Å²) in [6, 6.07) is 7.36. The molecule has 0 bridgehead atoms. The van der Waals surface area contributed by atoms with E-state index in [9.17, 15) is 24.6 Å². The molecule has 0 spiro atoms. The molecule has 1 aliphatic rings. The lowest BCUT2D eigenvalue weighted by molar-refractivity contribution is 0.0922. The van der Waals surface area contributed by atoms with Crippen LogP contribution in [0, 0.1) is 0 Å². The number of hydrogen-bond donors (Lipinski definition) is 4. The molecule has 0 atom stereocenters. The van der Waals surface area contributed by atoms with E-state index in [0.29, 0.717) is 11.1 Å². The lowest BCUT2D eigenvalue weighted by atomic mass is 10.0. The van der Waals surface area contributed by atoms with Gasteiger partial charge in [-0.1, -0.05) is 6.07 Å². The van der Waals surface area contributed by atoms with Crippen molar-refractivity contribution in [3.05, 3.63) is 58.1 Å². The summed E-state index contributed by atoms with van der Waals surface area (Å²) in [5, 5.41) is 21.1. The van der Waals surface area contributed by atoms with E-state index < -0.39 is 5.91 Å². The van der Waals surface area contributed by atoms with Gasteiger partial charge in [-0.3, -0.25) is 14.4 Å². The third-order valence-corrected chi connectivity index (χ3v) is 4.12. The Morgan fingerprint density at radius 2 is 1.76 bits per heavy atom. The summed E-state index contributed by atoms with van der Waals surface area (Å²) in [5.41, 5.74) is 7.79. The molecule has 0 unspecified atom stereocenters. The second-order valence-corrected chi connectivity index (χ2v) is 5.77.